The standard InChI is InChI=1S/C16H25F2N3O/c1-4-22-9-5-8-20-16(19-3)21-11-12(2)13-6-7-14(17)15(18)10-13/h6-7,10,12H,4-5,8-9,11H2,1-3H3,(H2,19,20,21). The average molecular weight is 313 g/mol. The van der Waals surface area contributed by atoms with Crippen molar-refractivity contribution in [3.63, 3.8) is 0 Å². The first-order valence-electron chi connectivity index (χ1n) is 7.55. The van der Waals surface area contributed by atoms with Gasteiger partial charge in [0.15, 0.2) is 17.6 Å². The molecule has 1 unspecified atom stereocenters. The smallest absolute Gasteiger partial charge is 0.190 e. The van der Waals surface area contributed by atoms with E-state index in [0.717, 1.165) is 31.2 Å². The van der Waals surface area contributed by atoms with Crippen LogP contribution in [0, 0.1) is 11.6 Å². The number of nitrogens with zero attached hydrogens (tertiary/aromatic N) is 1. The van der Waals surface area contributed by atoms with E-state index < -0.39 is 11.6 Å². The van der Waals surface area contributed by atoms with Gasteiger partial charge in [0.05, 0.1) is 0 Å². The number of rotatable bonds is 8. The predicted molar refractivity (Wildman–Crippen MR) is 85.2 cm³/mol. The van der Waals surface area contributed by atoms with Crippen LogP contribution >= 0.6 is 0 Å². The predicted octanol–water partition coefficient (Wildman–Crippen LogP) is 2.66. The molecular weight excluding hydrogens is 288 g/mol. The van der Waals surface area contributed by atoms with Crippen molar-refractivity contribution in [2.24, 2.45) is 4.99 Å². The van der Waals surface area contributed by atoms with Crippen LogP contribution in [0.1, 0.15) is 31.7 Å². The Labute approximate surface area is 131 Å². The summed E-state index contributed by atoms with van der Waals surface area (Å²) in [5.74, 6) is -0.915. The van der Waals surface area contributed by atoms with Crippen molar-refractivity contribution in [2.75, 3.05) is 33.4 Å². The molecule has 2 N–H and O–H groups in total. The minimum absolute atomic E-state index is 0.0390. The van der Waals surface area contributed by atoms with Gasteiger partial charge in [-0.25, -0.2) is 8.78 Å². The molecule has 1 aromatic carbocycles. The van der Waals surface area contributed by atoms with Crippen LogP contribution in [0.3, 0.4) is 0 Å². The zero-order chi connectivity index (χ0) is 16.4. The van der Waals surface area contributed by atoms with E-state index in [4.69, 9.17) is 4.74 Å². The SMILES string of the molecule is CCOCCCNC(=NC)NCC(C)c1ccc(F)c(F)c1. The number of nitrogens with one attached hydrogen (secondary N) is 2. The van der Waals surface area contributed by atoms with Gasteiger partial charge in [-0.15, -0.1) is 0 Å². The second-order valence-corrected chi connectivity index (χ2v) is 5.00. The highest BCUT2D eigenvalue weighted by Gasteiger charge is 2.10. The van der Waals surface area contributed by atoms with E-state index in [0.29, 0.717) is 19.1 Å². The zero-order valence-electron chi connectivity index (χ0n) is 13.5. The molecule has 6 heteroatoms. The van der Waals surface area contributed by atoms with E-state index in [1.54, 1.807) is 13.1 Å². The maximum Gasteiger partial charge on any atom is 0.190 e. The van der Waals surface area contributed by atoms with Crippen molar-refractivity contribution in [1.82, 2.24) is 10.6 Å². The van der Waals surface area contributed by atoms with Crippen molar-refractivity contribution in [2.45, 2.75) is 26.2 Å². The van der Waals surface area contributed by atoms with Gasteiger partial charge >= 0.3 is 0 Å². The molecule has 0 bridgehead atoms. The molecule has 0 heterocycles. The average Bonchev–Trinajstić information content (AvgIpc) is 2.52. The molecule has 0 fully saturated rings. The Balaban J connectivity index is 2.37. The molecule has 0 saturated carbocycles. The highest BCUT2D eigenvalue weighted by molar-refractivity contribution is 5.79. The third kappa shape index (κ3) is 6.39. The Hall–Kier alpha value is -1.69. The zero-order valence-corrected chi connectivity index (χ0v) is 13.5. The van der Waals surface area contributed by atoms with E-state index >= 15 is 0 Å². The Kier molecular flexibility index (Phi) is 8.43. The highest BCUT2D eigenvalue weighted by Crippen LogP contribution is 2.17. The van der Waals surface area contributed by atoms with Crippen molar-refractivity contribution in [3.8, 4) is 0 Å². The largest absolute Gasteiger partial charge is 0.382 e. The first kappa shape index (κ1) is 18.4. The van der Waals surface area contributed by atoms with Gasteiger partial charge in [-0.05, 0) is 37.0 Å². The molecule has 0 aliphatic carbocycles. The normalized spacial score (nSPS) is 13.0. The third-order valence-electron chi connectivity index (χ3n) is 3.27. The summed E-state index contributed by atoms with van der Waals surface area (Å²) < 4.78 is 31.4. The van der Waals surface area contributed by atoms with E-state index in [9.17, 15) is 8.78 Å². The summed E-state index contributed by atoms with van der Waals surface area (Å²) in [5, 5.41) is 6.35. The number of guanidine groups is 1. The third-order valence-corrected chi connectivity index (χ3v) is 3.27. The van der Waals surface area contributed by atoms with E-state index in [1.807, 2.05) is 13.8 Å². The molecule has 0 saturated heterocycles. The number of aliphatic imine (C=N–C) groups is 1. The van der Waals surface area contributed by atoms with Gasteiger partial charge in [0.2, 0.25) is 0 Å². The van der Waals surface area contributed by atoms with Crippen LogP contribution in [0.15, 0.2) is 23.2 Å². The number of benzene rings is 1. The molecule has 0 aromatic heterocycles. The van der Waals surface area contributed by atoms with Gasteiger partial charge in [0.25, 0.3) is 0 Å². The van der Waals surface area contributed by atoms with Gasteiger partial charge in [0.1, 0.15) is 0 Å². The quantitative estimate of drug-likeness (QED) is 0.441. The molecular formula is C16H25F2N3O. The van der Waals surface area contributed by atoms with Crippen LogP contribution in [0.4, 0.5) is 8.78 Å². The summed E-state index contributed by atoms with van der Waals surface area (Å²) >= 11 is 0. The van der Waals surface area contributed by atoms with Crippen LogP contribution in [0.25, 0.3) is 0 Å². The van der Waals surface area contributed by atoms with Crippen molar-refractivity contribution in [3.05, 3.63) is 35.4 Å². The lowest BCUT2D eigenvalue weighted by molar-refractivity contribution is 0.145. The second kappa shape index (κ2) is 10.1. The Morgan fingerprint density at radius 3 is 2.68 bits per heavy atom. The van der Waals surface area contributed by atoms with Gasteiger partial charge in [0, 0.05) is 33.4 Å². The molecule has 0 aliphatic rings. The van der Waals surface area contributed by atoms with Gasteiger partial charge in [-0.1, -0.05) is 13.0 Å². The number of hydrogen-bond donors (Lipinski definition) is 2. The van der Waals surface area contributed by atoms with Crippen LogP contribution in [0.2, 0.25) is 0 Å². The lowest BCUT2D eigenvalue weighted by atomic mass is 10.0. The van der Waals surface area contributed by atoms with Crippen molar-refractivity contribution in [1.29, 1.82) is 0 Å². The minimum Gasteiger partial charge on any atom is -0.382 e. The summed E-state index contributed by atoms with van der Waals surface area (Å²) in [6.45, 7) is 6.69. The van der Waals surface area contributed by atoms with E-state index in [1.165, 1.54) is 6.07 Å². The summed E-state index contributed by atoms with van der Waals surface area (Å²) in [7, 11) is 1.69. The van der Waals surface area contributed by atoms with Gasteiger partial charge < -0.3 is 15.4 Å². The molecule has 0 radical (unpaired) electrons. The summed E-state index contributed by atoms with van der Waals surface area (Å²) in [5.41, 5.74) is 0.748. The van der Waals surface area contributed by atoms with E-state index in [-0.39, 0.29) is 5.92 Å². The first-order valence-corrected chi connectivity index (χ1v) is 7.55. The molecule has 0 amide bonds. The highest BCUT2D eigenvalue weighted by atomic mass is 19.2. The monoisotopic (exact) mass is 313 g/mol. The lowest BCUT2D eigenvalue weighted by Gasteiger charge is -2.16. The Morgan fingerprint density at radius 1 is 1.27 bits per heavy atom. The lowest BCUT2D eigenvalue weighted by Crippen LogP contribution is -2.39. The summed E-state index contributed by atoms with van der Waals surface area (Å²) in [4.78, 5) is 4.12. The van der Waals surface area contributed by atoms with Gasteiger partial charge in [-0.2, -0.15) is 0 Å². The molecule has 4 nitrogen and oxygen atoms in total. The van der Waals surface area contributed by atoms with Crippen LogP contribution in [-0.2, 0) is 4.74 Å². The maximum atomic E-state index is 13.2. The Morgan fingerprint density at radius 2 is 2.05 bits per heavy atom. The van der Waals surface area contributed by atoms with Crippen LogP contribution in [-0.4, -0.2) is 39.3 Å². The fourth-order valence-corrected chi connectivity index (χ4v) is 1.93. The number of ether oxygens (including phenoxy) is 1. The summed E-state index contributed by atoms with van der Waals surface area (Å²) in [6, 6.07) is 3.99. The van der Waals surface area contributed by atoms with Gasteiger partial charge in [-0.3, -0.25) is 4.99 Å². The molecule has 0 spiro atoms. The van der Waals surface area contributed by atoms with Crippen LogP contribution < -0.4 is 10.6 Å². The molecule has 22 heavy (non-hydrogen) atoms. The minimum atomic E-state index is -0.823. The molecule has 1 atom stereocenters. The van der Waals surface area contributed by atoms with Crippen molar-refractivity contribution >= 4 is 5.96 Å². The first-order chi connectivity index (χ1) is 10.6. The fourth-order valence-electron chi connectivity index (χ4n) is 1.93. The molecule has 1 aromatic rings. The number of halogens is 2. The second-order valence-electron chi connectivity index (χ2n) is 5.00. The molecule has 0 aliphatic heterocycles. The molecule has 124 valence electrons. The number of hydrogen-bond acceptors (Lipinski definition) is 2. The Bertz CT molecular complexity index is 480. The van der Waals surface area contributed by atoms with E-state index in [2.05, 4.69) is 15.6 Å². The summed E-state index contributed by atoms with van der Waals surface area (Å²) in [6.07, 6.45) is 0.896. The molecule has 1 rings (SSSR count). The topological polar surface area (TPSA) is 45.6 Å². The van der Waals surface area contributed by atoms with Crippen molar-refractivity contribution < 1.29 is 13.5 Å². The maximum absolute atomic E-state index is 13.2. The fraction of sp³-hybridized carbons (Fsp3) is 0.562. The van der Waals surface area contributed by atoms with Crippen LogP contribution in [0.5, 0.6) is 0 Å².